The Balaban J connectivity index is 1.95. The first-order valence-electron chi connectivity index (χ1n) is 6.43. The van der Waals surface area contributed by atoms with Gasteiger partial charge in [-0.15, -0.1) is 0 Å². The van der Waals surface area contributed by atoms with Gasteiger partial charge in [0, 0.05) is 17.6 Å². The third-order valence-corrected chi connectivity index (χ3v) is 3.37. The molecule has 3 heteroatoms. The average Bonchev–Trinajstić information content (AvgIpc) is 2.39. The second-order valence-electron chi connectivity index (χ2n) is 5.16. The van der Waals surface area contributed by atoms with Crippen LogP contribution in [0.15, 0.2) is 59.6 Å². The van der Waals surface area contributed by atoms with Crippen molar-refractivity contribution in [1.82, 2.24) is 0 Å². The lowest BCUT2D eigenvalue weighted by molar-refractivity contribution is 0.511. The third kappa shape index (κ3) is 2.37. The van der Waals surface area contributed by atoms with Crippen molar-refractivity contribution in [1.29, 1.82) is 0 Å². The largest absolute Gasteiger partial charge is 0.344 e. The van der Waals surface area contributed by atoms with Gasteiger partial charge >= 0.3 is 0 Å². The lowest BCUT2D eigenvalue weighted by Crippen LogP contribution is -2.39. The number of fused-ring (bicyclic) bond motifs is 1. The fraction of sp³-hybridized carbons (Fsp3) is 0.188. The molecule has 0 aromatic heterocycles. The molecule has 3 N–H and O–H groups in total. The lowest BCUT2D eigenvalue weighted by atomic mass is 9.86. The Morgan fingerprint density at radius 2 is 1.74 bits per heavy atom. The standard InChI is InChI=1S/C16H17N3/c1-16(17)11-15(18-12-7-3-2-4-8-12)19-14-10-6-5-9-13(14)16/h2-10H,11,17H2,1H3,(H,18,19). The molecule has 0 saturated heterocycles. The molecule has 1 aliphatic rings. The molecule has 2 aromatic rings. The summed E-state index contributed by atoms with van der Waals surface area (Å²) in [5.74, 6) is 0.912. The van der Waals surface area contributed by atoms with Crippen LogP contribution in [0.4, 0.5) is 11.4 Å². The van der Waals surface area contributed by atoms with Crippen molar-refractivity contribution in [2.75, 3.05) is 5.32 Å². The molecule has 0 amide bonds. The Bertz CT molecular complexity index is 615. The van der Waals surface area contributed by atoms with Crippen molar-refractivity contribution in [3.05, 3.63) is 60.2 Å². The molecule has 3 nitrogen and oxygen atoms in total. The van der Waals surface area contributed by atoms with Gasteiger partial charge in [0.15, 0.2) is 0 Å². The van der Waals surface area contributed by atoms with E-state index in [0.29, 0.717) is 6.42 Å². The highest BCUT2D eigenvalue weighted by atomic mass is 15.0. The monoisotopic (exact) mass is 251 g/mol. The van der Waals surface area contributed by atoms with Gasteiger partial charge in [-0.05, 0) is 30.7 Å². The molecule has 2 aromatic carbocycles. The quantitative estimate of drug-likeness (QED) is 0.816. The van der Waals surface area contributed by atoms with Crippen LogP contribution < -0.4 is 11.1 Å². The minimum Gasteiger partial charge on any atom is -0.344 e. The summed E-state index contributed by atoms with van der Waals surface area (Å²) < 4.78 is 0. The van der Waals surface area contributed by atoms with Gasteiger partial charge in [0.05, 0.1) is 5.69 Å². The zero-order valence-electron chi connectivity index (χ0n) is 10.9. The van der Waals surface area contributed by atoms with Crippen LogP contribution in [0.5, 0.6) is 0 Å². The number of nitrogens with zero attached hydrogens (tertiary/aromatic N) is 1. The molecular formula is C16H17N3. The van der Waals surface area contributed by atoms with Gasteiger partial charge in [-0.3, -0.25) is 0 Å². The number of aliphatic imine (C=N–C) groups is 1. The van der Waals surface area contributed by atoms with E-state index >= 15 is 0 Å². The van der Waals surface area contributed by atoms with Gasteiger partial charge < -0.3 is 11.1 Å². The third-order valence-electron chi connectivity index (χ3n) is 3.37. The number of rotatable bonds is 1. The summed E-state index contributed by atoms with van der Waals surface area (Å²) in [5.41, 5.74) is 9.13. The van der Waals surface area contributed by atoms with Gasteiger partial charge in [0.2, 0.25) is 0 Å². The van der Waals surface area contributed by atoms with Crippen LogP contribution in [-0.2, 0) is 5.54 Å². The minimum absolute atomic E-state index is 0.380. The Kier molecular flexibility index (Phi) is 2.84. The number of hydrogen-bond donors (Lipinski definition) is 2. The summed E-state index contributed by atoms with van der Waals surface area (Å²) in [7, 11) is 0. The van der Waals surface area contributed by atoms with E-state index in [0.717, 1.165) is 22.8 Å². The Hall–Kier alpha value is -2.13. The zero-order chi connectivity index (χ0) is 13.3. The van der Waals surface area contributed by atoms with Crippen molar-refractivity contribution < 1.29 is 0 Å². The van der Waals surface area contributed by atoms with Crippen LogP contribution in [-0.4, -0.2) is 5.84 Å². The average molecular weight is 251 g/mol. The van der Waals surface area contributed by atoms with Crippen LogP contribution in [0, 0.1) is 0 Å². The topological polar surface area (TPSA) is 50.4 Å². The van der Waals surface area contributed by atoms with Gasteiger partial charge in [0.25, 0.3) is 0 Å². The molecule has 96 valence electrons. The molecule has 0 spiro atoms. The lowest BCUT2D eigenvalue weighted by Gasteiger charge is -2.31. The Labute approximate surface area is 113 Å². The van der Waals surface area contributed by atoms with Crippen LogP contribution in [0.2, 0.25) is 0 Å². The van der Waals surface area contributed by atoms with Crippen molar-refractivity contribution in [2.45, 2.75) is 18.9 Å². The highest BCUT2D eigenvalue weighted by Gasteiger charge is 2.29. The molecular weight excluding hydrogens is 234 g/mol. The fourth-order valence-electron chi connectivity index (χ4n) is 2.44. The second-order valence-corrected chi connectivity index (χ2v) is 5.16. The highest BCUT2D eigenvalue weighted by Crippen LogP contribution is 2.35. The molecule has 0 radical (unpaired) electrons. The van der Waals surface area contributed by atoms with Crippen LogP contribution >= 0.6 is 0 Å². The first kappa shape index (κ1) is 11.9. The minimum atomic E-state index is -0.380. The summed E-state index contributed by atoms with van der Waals surface area (Å²) in [6.45, 7) is 2.05. The number of anilines is 1. The van der Waals surface area contributed by atoms with Gasteiger partial charge in [0.1, 0.15) is 5.84 Å². The van der Waals surface area contributed by atoms with E-state index in [4.69, 9.17) is 5.73 Å². The summed E-state index contributed by atoms with van der Waals surface area (Å²) in [6.07, 6.45) is 0.707. The Morgan fingerprint density at radius 3 is 2.53 bits per heavy atom. The van der Waals surface area contributed by atoms with Crippen molar-refractivity contribution >= 4 is 17.2 Å². The van der Waals surface area contributed by atoms with Crippen molar-refractivity contribution in [3.63, 3.8) is 0 Å². The molecule has 19 heavy (non-hydrogen) atoms. The molecule has 1 heterocycles. The number of para-hydroxylation sites is 2. The maximum atomic E-state index is 6.41. The van der Waals surface area contributed by atoms with E-state index in [-0.39, 0.29) is 5.54 Å². The molecule has 0 fully saturated rings. The van der Waals surface area contributed by atoms with Gasteiger partial charge in [-0.25, -0.2) is 4.99 Å². The number of benzene rings is 2. The second kappa shape index (κ2) is 4.52. The summed E-state index contributed by atoms with van der Waals surface area (Å²) >= 11 is 0. The normalized spacial score (nSPS) is 21.5. The predicted octanol–water partition coefficient (Wildman–Crippen LogP) is 3.41. The molecule has 3 rings (SSSR count). The van der Waals surface area contributed by atoms with E-state index in [9.17, 15) is 0 Å². The van der Waals surface area contributed by atoms with Gasteiger partial charge in [-0.1, -0.05) is 36.4 Å². The van der Waals surface area contributed by atoms with E-state index in [1.54, 1.807) is 0 Å². The first-order chi connectivity index (χ1) is 9.15. The highest BCUT2D eigenvalue weighted by molar-refractivity contribution is 5.99. The summed E-state index contributed by atoms with van der Waals surface area (Å²) in [4.78, 5) is 4.66. The van der Waals surface area contributed by atoms with E-state index in [2.05, 4.69) is 16.4 Å². The number of nitrogens with two attached hydrogens (primary N) is 1. The Morgan fingerprint density at radius 1 is 1.05 bits per heavy atom. The van der Waals surface area contributed by atoms with E-state index in [1.165, 1.54) is 0 Å². The maximum absolute atomic E-state index is 6.41. The van der Waals surface area contributed by atoms with Crippen molar-refractivity contribution in [2.24, 2.45) is 10.7 Å². The molecule has 0 bridgehead atoms. The zero-order valence-corrected chi connectivity index (χ0v) is 10.9. The molecule has 0 saturated carbocycles. The number of nitrogens with one attached hydrogen (secondary N) is 1. The first-order valence-corrected chi connectivity index (χ1v) is 6.43. The number of hydrogen-bond acceptors (Lipinski definition) is 3. The SMILES string of the molecule is CC1(N)CC(Nc2ccccc2)=Nc2ccccc21. The molecule has 0 aliphatic carbocycles. The van der Waals surface area contributed by atoms with E-state index < -0.39 is 0 Å². The molecule has 1 unspecified atom stereocenters. The summed E-state index contributed by atoms with van der Waals surface area (Å²) in [6, 6.07) is 18.1. The summed E-state index contributed by atoms with van der Waals surface area (Å²) in [5, 5.41) is 3.35. The van der Waals surface area contributed by atoms with Gasteiger partial charge in [-0.2, -0.15) is 0 Å². The smallest absolute Gasteiger partial charge is 0.109 e. The number of amidine groups is 1. The van der Waals surface area contributed by atoms with Crippen LogP contribution in [0.25, 0.3) is 0 Å². The molecule has 1 atom stereocenters. The predicted molar refractivity (Wildman–Crippen MR) is 79.8 cm³/mol. The molecule has 1 aliphatic heterocycles. The fourth-order valence-corrected chi connectivity index (χ4v) is 2.44. The van der Waals surface area contributed by atoms with Crippen molar-refractivity contribution in [3.8, 4) is 0 Å². The van der Waals surface area contributed by atoms with Crippen LogP contribution in [0.3, 0.4) is 0 Å². The van der Waals surface area contributed by atoms with Crippen LogP contribution in [0.1, 0.15) is 18.9 Å². The van der Waals surface area contributed by atoms with E-state index in [1.807, 2.05) is 55.5 Å². The maximum Gasteiger partial charge on any atom is 0.109 e.